The third kappa shape index (κ3) is 2.73. The Hall–Kier alpha value is -1.35. The minimum Gasteiger partial charge on any atom is -0.384 e. The number of aromatic nitrogens is 1. The molecule has 0 radical (unpaired) electrons. The molecule has 0 saturated carbocycles. The molecule has 0 aliphatic carbocycles. The number of fused-ring (bicyclic) bond motifs is 1. The fourth-order valence-corrected chi connectivity index (χ4v) is 2.78. The average Bonchev–Trinajstić information content (AvgIpc) is 2.36. The molecule has 0 aliphatic heterocycles. The highest BCUT2D eigenvalue weighted by Crippen LogP contribution is 2.35. The van der Waals surface area contributed by atoms with Gasteiger partial charge in [-0.25, -0.2) is 9.37 Å². The van der Waals surface area contributed by atoms with E-state index in [4.69, 9.17) is 11.6 Å². The van der Waals surface area contributed by atoms with Gasteiger partial charge >= 0.3 is 0 Å². The van der Waals surface area contributed by atoms with Gasteiger partial charge in [-0.1, -0.05) is 32.4 Å². The van der Waals surface area contributed by atoms with Crippen molar-refractivity contribution >= 4 is 28.2 Å². The monoisotopic (exact) mass is 294 g/mol. The highest BCUT2D eigenvalue weighted by molar-refractivity contribution is 6.31. The van der Waals surface area contributed by atoms with E-state index in [0.717, 1.165) is 35.3 Å². The summed E-state index contributed by atoms with van der Waals surface area (Å²) in [7, 11) is 0. The summed E-state index contributed by atoms with van der Waals surface area (Å²) in [4.78, 5) is 4.43. The number of pyridine rings is 1. The van der Waals surface area contributed by atoms with Crippen LogP contribution < -0.4 is 5.32 Å². The van der Waals surface area contributed by atoms with Crippen LogP contribution in [0.25, 0.3) is 10.9 Å². The van der Waals surface area contributed by atoms with Crippen molar-refractivity contribution in [3.05, 3.63) is 34.2 Å². The number of anilines is 1. The molecule has 108 valence electrons. The summed E-state index contributed by atoms with van der Waals surface area (Å²) in [5.74, 6) is -0.0567. The number of rotatable bonds is 4. The standard InChI is InChI=1S/C16H20ClFN2/c1-5-6-19-16-12-7-11(17)8-13(18)15(12)20-10(4)14(16)9(2)3/h7-9H,5-6H2,1-4H3,(H,19,20). The van der Waals surface area contributed by atoms with Crippen LogP contribution in [0.2, 0.25) is 5.02 Å². The molecule has 0 unspecified atom stereocenters. The van der Waals surface area contributed by atoms with Crippen molar-refractivity contribution in [2.45, 2.75) is 40.0 Å². The summed E-state index contributed by atoms with van der Waals surface area (Å²) < 4.78 is 14.1. The van der Waals surface area contributed by atoms with Crippen LogP contribution in [-0.4, -0.2) is 11.5 Å². The number of nitrogens with one attached hydrogen (secondary N) is 1. The molecule has 0 saturated heterocycles. The molecule has 0 aliphatic rings. The van der Waals surface area contributed by atoms with Crippen LogP contribution in [0.4, 0.5) is 10.1 Å². The van der Waals surface area contributed by atoms with Gasteiger partial charge < -0.3 is 5.32 Å². The fraction of sp³-hybridized carbons (Fsp3) is 0.438. The van der Waals surface area contributed by atoms with Crippen molar-refractivity contribution in [1.82, 2.24) is 4.98 Å². The first-order chi connectivity index (χ1) is 9.45. The molecule has 0 spiro atoms. The molecule has 1 N–H and O–H groups in total. The smallest absolute Gasteiger partial charge is 0.150 e. The van der Waals surface area contributed by atoms with Crippen molar-refractivity contribution in [3.8, 4) is 0 Å². The number of benzene rings is 1. The van der Waals surface area contributed by atoms with Crippen LogP contribution in [-0.2, 0) is 0 Å². The van der Waals surface area contributed by atoms with Crippen LogP contribution in [0.15, 0.2) is 12.1 Å². The lowest BCUT2D eigenvalue weighted by atomic mass is 9.96. The molecular formula is C16H20ClFN2. The zero-order chi connectivity index (χ0) is 14.9. The van der Waals surface area contributed by atoms with Crippen molar-refractivity contribution in [1.29, 1.82) is 0 Å². The Morgan fingerprint density at radius 3 is 2.65 bits per heavy atom. The van der Waals surface area contributed by atoms with Crippen molar-refractivity contribution in [3.63, 3.8) is 0 Å². The summed E-state index contributed by atoms with van der Waals surface area (Å²) in [6, 6.07) is 3.10. The second kappa shape index (κ2) is 5.96. The molecule has 20 heavy (non-hydrogen) atoms. The molecule has 2 aromatic rings. The van der Waals surface area contributed by atoms with Gasteiger partial charge in [0.2, 0.25) is 0 Å². The molecule has 1 aromatic heterocycles. The summed E-state index contributed by atoms with van der Waals surface area (Å²) in [6.45, 7) is 9.11. The normalized spacial score (nSPS) is 11.3. The second-order valence-corrected chi connectivity index (χ2v) is 5.79. The van der Waals surface area contributed by atoms with Gasteiger partial charge in [-0.15, -0.1) is 0 Å². The Morgan fingerprint density at radius 1 is 1.35 bits per heavy atom. The van der Waals surface area contributed by atoms with E-state index in [1.165, 1.54) is 6.07 Å². The van der Waals surface area contributed by atoms with E-state index in [1.54, 1.807) is 6.07 Å². The van der Waals surface area contributed by atoms with Gasteiger partial charge in [-0.05, 0) is 37.0 Å². The number of nitrogens with zero attached hydrogens (tertiary/aromatic N) is 1. The quantitative estimate of drug-likeness (QED) is 0.829. The van der Waals surface area contributed by atoms with E-state index in [1.807, 2.05) is 6.92 Å². The second-order valence-electron chi connectivity index (χ2n) is 5.35. The summed E-state index contributed by atoms with van der Waals surface area (Å²) in [6.07, 6.45) is 1.00. The Morgan fingerprint density at radius 2 is 2.05 bits per heavy atom. The van der Waals surface area contributed by atoms with Crippen LogP contribution in [0.5, 0.6) is 0 Å². The Labute approximate surface area is 124 Å². The third-order valence-corrected chi connectivity index (χ3v) is 3.58. The van der Waals surface area contributed by atoms with E-state index < -0.39 is 0 Å². The third-order valence-electron chi connectivity index (χ3n) is 3.37. The van der Waals surface area contributed by atoms with Crippen LogP contribution in [0.1, 0.15) is 44.4 Å². The topological polar surface area (TPSA) is 24.9 Å². The molecule has 2 nitrogen and oxygen atoms in total. The Kier molecular flexibility index (Phi) is 4.48. The van der Waals surface area contributed by atoms with Gasteiger partial charge in [0.15, 0.2) is 5.82 Å². The first-order valence-corrected chi connectivity index (χ1v) is 7.36. The molecule has 0 fully saturated rings. The first kappa shape index (κ1) is 15.0. The van der Waals surface area contributed by atoms with Crippen molar-refractivity contribution in [2.24, 2.45) is 0 Å². The summed E-state index contributed by atoms with van der Waals surface area (Å²) in [5, 5.41) is 4.58. The lowest BCUT2D eigenvalue weighted by Crippen LogP contribution is -2.08. The van der Waals surface area contributed by atoms with E-state index in [2.05, 4.69) is 31.1 Å². The highest BCUT2D eigenvalue weighted by Gasteiger charge is 2.17. The number of hydrogen-bond acceptors (Lipinski definition) is 2. The number of hydrogen-bond donors (Lipinski definition) is 1. The molecule has 1 heterocycles. The van der Waals surface area contributed by atoms with Crippen LogP contribution in [0, 0.1) is 12.7 Å². The largest absolute Gasteiger partial charge is 0.384 e. The van der Waals surface area contributed by atoms with E-state index in [9.17, 15) is 4.39 Å². The van der Waals surface area contributed by atoms with Crippen molar-refractivity contribution in [2.75, 3.05) is 11.9 Å². The predicted molar refractivity (Wildman–Crippen MR) is 84.3 cm³/mol. The Bertz CT molecular complexity index is 638. The maximum Gasteiger partial charge on any atom is 0.150 e. The lowest BCUT2D eigenvalue weighted by molar-refractivity contribution is 0.636. The zero-order valence-corrected chi connectivity index (χ0v) is 13.1. The summed E-state index contributed by atoms with van der Waals surface area (Å²) >= 11 is 6.01. The molecule has 4 heteroatoms. The SMILES string of the molecule is CCCNc1c(C(C)C)c(C)nc2c(F)cc(Cl)cc12. The lowest BCUT2D eigenvalue weighted by Gasteiger charge is -2.19. The van der Waals surface area contributed by atoms with Crippen LogP contribution in [0.3, 0.4) is 0 Å². The molecule has 0 amide bonds. The van der Waals surface area contributed by atoms with Gasteiger partial charge in [0.1, 0.15) is 5.52 Å². The average molecular weight is 295 g/mol. The molecule has 0 bridgehead atoms. The molecule has 2 rings (SSSR count). The number of halogens is 2. The predicted octanol–water partition coefficient (Wildman–Crippen LogP) is 5.28. The van der Waals surface area contributed by atoms with Crippen LogP contribution >= 0.6 is 11.6 Å². The van der Waals surface area contributed by atoms with Gasteiger partial charge in [0.05, 0.1) is 0 Å². The summed E-state index contributed by atoms with van der Waals surface area (Å²) in [5.41, 5.74) is 3.35. The molecular weight excluding hydrogens is 275 g/mol. The van der Waals surface area contributed by atoms with Gasteiger partial charge in [-0.2, -0.15) is 0 Å². The van der Waals surface area contributed by atoms with E-state index >= 15 is 0 Å². The van der Waals surface area contributed by atoms with E-state index in [0.29, 0.717) is 16.5 Å². The van der Waals surface area contributed by atoms with Gasteiger partial charge in [-0.3, -0.25) is 0 Å². The molecule has 1 aromatic carbocycles. The van der Waals surface area contributed by atoms with E-state index in [-0.39, 0.29) is 5.82 Å². The maximum atomic E-state index is 14.1. The van der Waals surface area contributed by atoms with Gasteiger partial charge in [0.25, 0.3) is 0 Å². The van der Waals surface area contributed by atoms with Crippen molar-refractivity contribution < 1.29 is 4.39 Å². The minimum absolute atomic E-state index is 0.313. The Balaban J connectivity index is 2.80. The first-order valence-electron chi connectivity index (χ1n) is 6.98. The zero-order valence-electron chi connectivity index (χ0n) is 12.3. The molecule has 0 atom stereocenters. The number of aryl methyl sites for hydroxylation is 1. The maximum absolute atomic E-state index is 14.1. The fourth-order valence-electron chi connectivity index (χ4n) is 2.57. The van der Waals surface area contributed by atoms with Gasteiger partial charge in [0, 0.05) is 28.3 Å². The minimum atomic E-state index is -0.370. The highest BCUT2D eigenvalue weighted by atomic mass is 35.5.